The Kier molecular flexibility index (Phi) is 4.53. The lowest BCUT2D eigenvalue weighted by Crippen LogP contribution is -2.18. The van der Waals surface area contributed by atoms with Gasteiger partial charge < -0.3 is 10.2 Å². The molecule has 1 aromatic heterocycles. The first-order valence-electron chi connectivity index (χ1n) is 6.56. The minimum atomic E-state index is 0.863. The number of hydrogen-bond donors (Lipinski definition) is 1. The fourth-order valence-corrected chi connectivity index (χ4v) is 2.09. The Bertz CT molecular complexity index is 523. The zero-order chi connectivity index (χ0) is 13.7. The molecule has 0 radical (unpaired) electrons. The van der Waals surface area contributed by atoms with Gasteiger partial charge in [-0.1, -0.05) is 30.3 Å². The molecule has 0 spiro atoms. The molecule has 0 amide bonds. The minimum Gasteiger partial charge on any atom is -0.355 e. The third-order valence-corrected chi connectivity index (χ3v) is 3.23. The van der Waals surface area contributed by atoms with E-state index in [1.807, 2.05) is 19.3 Å². The topological polar surface area (TPSA) is 28.2 Å². The van der Waals surface area contributed by atoms with Gasteiger partial charge >= 0.3 is 0 Å². The van der Waals surface area contributed by atoms with Crippen molar-refractivity contribution in [3.8, 4) is 0 Å². The molecule has 0 fully saturated rings. The maximum absolute atomic E-state index is 4.54. The van der Waals surface area contributed by atoms with Crippen LogP contribution < -0.4 is 10.2 Å². The van der Waals surface area contributed by atoms with Crippen LogP contribution in [0.1, 0.15) is 16.7 Å². The standard InChI is InChI=1S/C16H21N3/c1-13-9-16(18-11-15(13)10-17-2)19(3)12-14-7-5-4-6-8-14/h4-9,11,17H,10,12H2,1-3H3. The van der Waals surface area contributed by atoms with E-state index in [1.165, 1.54) is 16.7 Å². The van der Waals surface area contributed by atoms with Crippen molar-refractivity contribution in [3.63, 3.8) is 0 Å². The predicted octanol–water partition coefficient (Wildman–Crippen LogP) is 2.75. The molecule has 0 aliphatic carbocycles. The third kappa shape index (κ3) is 3.55. The second-order valence-electron chi connectivity index (χ2n) is 4.84. The number of rotatable bonds is 5. The van der Waals surface area contributed by atoms with Crippen LogP contribution in [0.4, 0.5) is 5.82 Å². The molecule has 2 rings (SSSR count). The Balaban J connectivity index is 2.11. The Hall–Kier alpha value is -1.87. The van der Waals surface area contributed by atoms with E-state index in [2.05, 4.69) is 59.5 Å². The summed E-state index contributed by atoms with van der Waals surface area (Å²) < 4.78 is 0. The average molecular weight is 255 g/mol. The highest BCUT2D eigenvalue weighted by molar-refractivity contribution is 5.43. The lowest BCUT2D eigenvalue weighted by Gasteiger charge is -2.19. The Labute approximate surface area is 115 Å². The van der Waals surface area contributed by atoms with Crippen LogP contribution in [0.25, 0.3) is 0 Å². The van der Waals surface area contributed by atoms with Crippen molar-refractivity contribution >= 4 is 5.82 Å². The fourth-order valence-electron chi connectivity index (χ4n) is 2.09. The first-order chi connectivity index (χ1) is 9.20. The second-order valence-corrected chi connectivity index (χ2v) is 4.84. The number of aryl methyl sites for hydroxylation is 1. The second kappa shape index (κ2) is 6.34. The summed E-state index contributed by atoms with van der Waals surface area (Å²) in [4.78, 5) is 6.71. The molecule has 0 atom stereocenters. The Morgan fingerprint density at radius 3 is 2.58 bits per heavy atom. The zero-order valence-corrected chi connectivity index (χ0v) is 11.9. The van der Waals surface area contributed by atoms with E-state index in [0.29, 0.717) is 0 Å². The fraction of sp³-hybridized carbons (Fsp3) is 0.312. The average Bonchev–Trinajstić information content (AvgIpc) is 2.42. The summed E-state index contributed by atoms with van der Waals surface area (Å²) in [7, 11) is 4.03. The number of benzene rings is 1. The molecule has 0 aliphatic heterocycles. The molecule has 1 N–H and O–H groups in total. The van der Waals surface area contributed by atoms with Gasteiger partial charge in [0, 0.05) is 26.3 Å². The van der Waals surface area contributed by atoms with Crippen molar-refractivity contribution in [2.75, 3.05) is 19.0 Å². The molecule has 19 heavy (non-hydrogen) atoms. The number of nitrogens with one attached hydrogen (secondary N) is 1. The lowest BCUT2D eigenvalue weighted by molar-refractivity contribution is 0.803. The molecule has 0 bridgehead atoms. The predicted molar refractivity (Wildman–Crippen MR) is 80.3 cm³/mol. The summed E-state index contributed by atoms with van der Waals surface area (Å²) in [5.74, 6) is 1.02. The monoisotopic (exact) mass is 255 g/mol. The van der Waals surface area contributed by atoms with Crippen LogP contribution in [0.15, 0.2) is 42.6 Å². The quantitative estimate of drug-likeness (QED) is 0.890. The first kappa shape index (κ1) is 13.6. The molecule has 100 valence electrons. The van der Waals surface area contributed by atoms with Gasteiger partial charge in [-0.2, -0.15) is 0 Å². The van der Waals surface area contributed by atoms with Crippen molar-refractivity contribution in [1.29, 1.82) is 0 Å². The molecule has 0 saturated carbocycles. The van der Waals surface area contributed by atoms with E-state index in [9.17, 15) is 0 Å². The highest BCUT2D eigenvalue weighted by Gasteiger charge is 2.06. The molecule has 3 heteroatoms. The van der Waals surface area contributed by atoms with Gasteiger partial charge in [0.15, 0.2) is 0 Å². The van der Waals surface area contributed by atoms with Crippen LogP contribution in [-0.2, 0) is 13.1 Å². The SMILES string of the molecule is CNCc1cnc(N(C)Cc2ccccc2)cc1C. The number of hydrogen-bond acceptors (Lipinski definition) is 3. The van der Waals surface area contributed by atoms with Gasteiger partial charge in [-0.25, -0.2) is 4.98 Å². The molecule has 1 aromatic carbocycles. The third-order valence-electron chi connectivity index (χ3n) is 3.23. The molecule has 0 saturated heterocycles. The summed E-state index contributed by atoms with van der Waals surface area (Å²) in [5.41, 5.74) is 3.82. The highest BCUT2D eigenvalue weighted by Crippen LogP contribution is 2.16. The van der Waals surface area contributed by atoms with E-state index in [1.54, 1.807) is 0 Å². The number of nitrogens with zero attached hydrogens (tertiary/aromatic N) is 2. The summed E-state index contributed by atoms with van der Waals surface area (Å²) in [6.45, 7) is 3.87. The highest BCUT2D eigenvalue weighted by atomic mass is 15.2. The smallest absolute Gasteiger partial charge is 0.128 e. The largest absolute Gasteiger partial charge is 0.355 e. The first-order valence-corrected chi connectivity index (χ1v) is 6.56. The van der Waals surface area contributed by atoms with Gasteiger partial charge in [-0.3, -0.25) is 0 Å². The van der Waals surface area contributed by atoms with Gasteiger partial charge in [0.1, 0.15) is 5.82 Å². The molecule has 1 heterocycles. The van der Waals surface area contributed by atoms with Crippen LogP contribution in [-0.4, -0.2) is 19.1 Å². The van der Waals surface area contributed by atoms with Gasteiger partial charge in [0.05, 0.1) is 0 Å². The van der Waals surface area contributed by atoms with Crippen molar-refractivity contribution < 1.29 is 0 Å². The van der Waals surface area contributed by atoms with Crippen LogP contribution in [0, 0.1) is 6.92 Å². The Morgan fingerprint density at radius 2 is 1.95 bits per heavy atom. The van der Waals surface area contributed by atoms with E-state index >= 15 is 0 Å². The summed E-state index contributed by atoms with van der Waals surface area (Å²) >= 11 is 0. The molecular formula is C16H21N3. The van der Waals surface area contributed by atoms with Gasteiger partial charge in [-0.15, -0.1) is 0 Å². The van der Waals surface area contributed by atoms with Crippen molar-refractivity contribution in [2.24, 2.45) is 0 Å². The van der Waals surface area contributed by atoms with Crippen LogP contribution >= 0.6 is 0 Å². The Morgan fingerprint density at radius 1 is 1.21 bits per heavy atom. The summed E-state index contributed by atoms with van der Waals surface area (Å²) in [6, 6.07) is 12.6. The number of pyridine rings is 1. The molecule has 0 aliphatic rings. The molecule has 3 nitrogen and oxygen atoms in total. The van der Waals surface area contributed by atoms with E-state index in [0.717, 1.165) is 18.9 Å². The zero-order valence-electron chi connectivity index (χ0n) is 11.9. The van der Waals surface area contributed by atoms with Gasteiger partial charge in [-0.05, 0) is 36.7 Å². The van der Waals surface area contributed by atoms with E-state index in [4.69, 9.17) is 0 Å². The molecular weight excluding hydrogens is 234 g/mol. The normalized spacial score (nSPS) is 10.5. The number of anilines is 1. The van der Waals surface area contributed by atoms with Crippen molar-refractivity contribution in [1.82, 2.24) is 10.3 Å². The molecule has 2 aromatic rings. The van der Waals surface area contributed by atoms with Crippen LogP contribution in [0.5, 0.6) is 0 Å². The van der Waals surface area contributed by atoms with Crippen molar-refractivity contribution in [2.45, 2.75) is 20.0 Å². The van der Waals surface area contributed by atoms with Gasteiger partial charge in [0.25, 0.3) is 0 Å². The van der Waals surface area contributed by atoms with E-state index < -0.39 is 0 Å². The summed E-state index contributed by atoms with van der Waals surface area (Å²) in [5, 5.41) is 3.16. The van der Waals surface area contributed by atoms with Crippen molar-refractivity contribution in [3.05, 3.63) is 59.3 Å². The molecule has 0 unspecified atom stereocenters. The maximum Gasteiger partial charge on any atom is 0.128 e. The van der Waals surface area contributed by atoms with E-state index in [-0.39, 0.29) is 0 Å². The number of aromatic nitrogens is 1. The van der Waals surface area contributed by atoms with Gasteiger partial charge in [0.2, 0.25) is 0 Å². The van der Waals surface area contributed by atoms with Crippen LogP contribution in [0.2, 0.25) is 0 Å². The van der Waals surface area contributed by atoms with Crippen LogP contribution in [0.3, 0.4) is 0 Å². The maximum atomic E-state index is 4.54. The minimum absolute atomic E-state index is 0.863. The summed E-state index contributed by atoms with van der Waals surface area (Å²) in [6.07, 6.45) is 1.96. The lowest BCUT2D eigenvalue weighted by atomic mass is 10.1.